The van der Waals surface area contributed by atoms with Gasteiger partial charge in [-0.05, 0) is 30.3 Å². The van der Waals surface area contributed by atoms with Gasteiger partial charge in [-0.1, -0.05) is 6.07 Å². The summed E-state index contributed by atoms with van der Waals surface area (Å²) in [5.74, 6) is -1.73. The van der Waals surface area contributed by atoms with Gasteiger partial charge in [0.25, 0.3) is 0 Å². The second-order valence-electron chi connectivity index (χ2n) is 6.42. The largest absolute Gasteiger partial charge is 0.383 e. The van der Waals surface area contributed by atoms with Gasteiger partial charge in [-0.25, -0.2) is 22.8 Å². The van der Waals surface area contributed by atoms with Crippen molar-refractivity contribution in [3.05, 3.63) is 59.9 Å². The number of rotatable bonds is 6. The number of halogens is 3. The van der Waals surface area contributed by atoms with E-state index in [0.717, 1.165) is 12.1 Å². The molecule has 0 saturated carbocycles. The number of fused-ring (bicyclic) bond motifs is 1. The summed E-state index contributed by atoms with van der Waals surface area (Å²) in [6.07, 6.45) is 0. The van der Waals surface area contributed by atoms with Gasteiger partial charge < -0.3 is 15.8 Å². The highest BCUT2D eigenvalue weighted by atomic mass is 19.1. The van der Waals surface area contributed by atoms with E-state index in [-0.39, 0.29) is 34.1 Å². The number of methoxy groups -OCH3 is 1. The average molecular weight is 414 g/mol. The van der Waals surface area contributed by atoms with Crippen LogP contribution in [0.25, 0.3) is 28.0 Å². The molecule has 0 bridgehead atoms. The number of nitrogens with one attached hydrogen (secondary N) is 1. The molecule has 0 aliphatic rings. The zero-order valence-electron chi connectivity index (χ0n) is 15.9. The van der Waals surface area contributed by atoms with Crippen LogP contribution in [0.15, 0.2) is 42.5 Å². The van der Waals surface area contributed by atoms with Crippen LogP contribution in [0.2, 0.25) is 0 Å². The molecule has 0 unspecified atom stereocenters. The SMILES string of the molecule is COCCNc1nc(-c2ccc(F)cc2F)c2c(N)n(-c3cccc(F)c3)nc2n1. The van der Waals surface area contributed by atoms with Crippen molar-refractivity contribution in [2.24, 2.45) is 0 Å². The second-order valence-corrected chi connectivity index (χ2v) is 6.42. The van der Waals surface area contributed by atoms with Crippen molar-refractivity contribution in [2.75, 3.05) is 31.3 Å². The lowest BCUT2D eigenvalue weighted by atomic mass is 10.1. The van der Waals surface area contributed by atoms with Gasteiger partial charge in [0.05, 0.1) is 23.4 Å². The summed E-state index contributed by atoms with van der Waals surface area (Å²) in [6, 6.07) is 8.83. The highest BCUT2D eigenvalue weighted by molar-refractivity contribution is 5.99. The molecule has 2 aromatic carbocycles. The molecule has 4 rings (SSSR count). The third kappa shape index (κ3) is 3.64. The summed E-state index contributed by atoms with van der Waals surface area (Å²) in [4.78, 5) is 8.70. The number of hydrogen-bond acceptors (Lipinski definition) is 6. The van der Waals surface area contributed by atoms with Gasteiger partial charge in [0.1, 0.15) is 23.3 Å². The van der Waals surface area contributed by atoms with E-state index >= 15 is 0 Å². The van der Waals surface area contributed by atoms with Gasteiger partial charge in [0, 0.05) is 25.3 Å². The Labute approximate surface area is 169 Å². The molecule has 0 fully saturated rings. The quantitative estimate of drug-likeness (QED) is 0.469. The highest BCUT2D eigenvalue weighted by Gasteiger charge is 2.21. The van der Waals surface area contributed by atoms with E-state index in [1.165, 1.54) is 28.9 Å². The summed E-state index contributed by atoms with van der Waals surface area (Å²) in [5.41, 5.74) is 6.98. The Morgan fingerprint density at radius 3 is 2.60 bits per heavy atom. The van der Waals surface area contributed by atoms with Crippen molar-refractivity contribution in [3.8, 4) is 16.9 Å². The number of nitrogen functional groups attached to an aromatic ring is 1. The van der Waals surface area contributed by atoms with Crippen LogP contribution in [-0.2, 0) is 4.74 Å². The number of nitrogens with zero attached hydrogens (tertiary/aromatic N) is 4. The first-order valence-corrected chi connectivity index (χ1v) is 8.98. The molecule has 2 heterocycles. The molecular weight excluding hydrogens is 397 g/mol. The van der Waals surface area contributed by atoms with Crippen LogP contribution in [0.4, 0.5) is 24.9 Å². The molecule has 0 atom stereocenters. The van der Waals surface area contributed by atoms with Gasteiger partial charge in [-0.15, -0.1) is 5.10 Å². The molecule has 0 spiro atoms. The van der Waals surface area contributed by atoms with Crippen molar-refractivity contribution < 1.29 is 17.9 Å². The summed E-state index contributed by atoms with van der Waals surface area (Å²) >= 11 is 0. The fraction of sp³-hybridized carbons (Fsp3) is 0.150. The van der Waals surface area contributed by atoms with E-state index in [1.807, 2.05) is 0 Å². The van der Waals surface area contributed by atoms with E-state index in [2.05, 4.69) is 20.4 Å². The standard InChI is InChI=1S/C20H17F3N6O/c1-30-8-7-25-20-26-17(14-6-5-12(22)10-15(14)23)16-18(24)29(28-19(16)27-20)13-4-2-3-11(21)9-13/h2-6,9-10H,7-8,24H2,1H3,(H,25,27,28). The van der Waals surface area contributed by atoms with Crippen molar-refractivity contribution in [1.82, 2.24) is 19.7 Å². The van der Waals surface area contributed by atoms with Gasteiger partial charge in [0.15, 0.2) is 5.65 Å². The number of aromatic nitrogens is 4. The third-order valence-corrected chi connectivity index (χ3v) is 4.40. The molecule has 154 valence electrons. The summed E-state index contributed by atoms with van der Waals surface area (Å²) in [5, 5.41) is 7.58. The van der Waals surface area contributed by atoms with E-state index in [9.17, 15) is 13.2 Å². The Morgan fingerprint density at radius 1 is 1.07 bits per heavy atom. The minimum Gasteiger partial charge on any atom is -0.383 e. The van der Waals surface area contributed by atoms with E-state index in [4.69, 9.17) is 10.5 Å². The molecule has 30 heavy (non-hydrogen) atoms. The fourth-order valence-electron chi connectivity index (χ4n) is 3.04. The van der Waals surface area contributed by atoms with Crippen LogP contribution in [-0.4, -0.2) is 40.0 Å². The van der Waals surface area contributed by atoms with Crippen LogP contribution in [0, 0.1) is 17.5 Å². The average Bonchev–Trinajstić information content (AvgIpc) is 3.04. The zero-order valence-corrected chi connectivity index (χ0v) is 15.9. The van der Waals surface area contributed by atoms with Gasteiger partial charge in [0.2, 0.25) is 5.95 Å². The van der Waals surface area contributed by atoms with Crippen molar-refractivity contribution >= 4 is 22.8 Å². The van der Waals surface area contributed by atoms with Gasteiger partial charge in [-0.2, -0.15) is 4.98 Å². The molecule has 4 aromatic rings. The lowest BCUT2D eigenvalue weighted by Gasteiger charge is -2.09. The van der Waals surface area contributed by atoms with E-state index in [0.29, 0.717) is 18.8 Å². The summed E-state index contributed by atoms with van der Waals surface area (Å²) in [6.45, 7) is 0.787. The van der Waals surface area contributed by atoms with Crippen LogP contribution in [0.1, 0.15) is 0 Å². The van der Waals surface area contributed by atoms with Crippen molar-refractivity contribution in [3.63, 3.8) is 0 Å². The molecule has 7 nitrogen and oxygen atoms in total. The molecule has 0 radical (unpaired) electrons. The Hall–Kier alpha value is -3.66. The maximum Gasteiger partial charge on any atom is 0.225 e. The molecule has 2 aromatic heterocycles. The van der Waals surface area contributed by atoms with Gasteiger partial charge >= 0.3 is 0 Å². The first-order valence-electron chi connectivity index (χ1n) is 8.98. The molecule has 10 heteroatoms. The fourth-order valence-corrected chi connectivity index (χ4v) is 3.04. The Balaban J connectivity index is 1.94. The van der Waals surface area contributed by atoms with Crippen LogP contribution in [0.5, 0.6) is 0 Å². The monoisotopic (exact) mass is 414 g/mol. The maximum absolute atomic E-state index is 14.6. The molecule has 3 N–H and O–H groups in total. The summed E-state index contributed by atoms with van der Waals surface area (Å²) in [7, 11) is 1.55. The first-order chi connectivity index (χ1) is 14.5. The smallest absolute Gasteiger partial charge is 0.225 e. The number of nitrogens with two attached hydrogens (primary N) is 1. The van der Waals surface area contributed by atoms with Gasteiger partial charge in [-0.3, -0.25) is 0 Å². The van der Waals surface area contributed by atoms with E-state index < -0.39 is 17.5 Å². The lowest BCUT2D eigenvalue weighted by Crippen LogP contribution is -2.11. The first kappa shape index (κ1) is 19.6. The molecule has 0 saturated heterocycles. The number of ether oxygens (including phenoxy) is 1. The Morgan fingerprint density at radius 2 is 1.87 bits per heavy atom. The number of anilines is 2. The minimum absolute atomic E-state index is 0.0316. The lowest BCUT2D eigenvalue weighted by molar-refractivity contribution is 0.210. The topological polar surface area (TPSA) is 90.9 Å². The normalized spacial score (nSPS) is 11.2. The van der Waals surface area contributed by atoms with Crippen molar-refractivity contribution in [1.29, 1.82) is 0 Å². The molecular formula is C20H17F3N6O. The maximum atomic E-state index is 14.6. The predicted molar refractivity (Wildman–Crippen MR) is 107 cm³/mol. The Bertz CT molecular complexity index is 1230. The highest BCUT2D eigenvalue weighted by Crippen LogP contribution is 2.34. The summed E-state index contributed by atoms with van der Waals surface area (Å²) < 4.78 is 48.0. The third-order valence-electron chi connectivity index (χ3n) is 4.40. The van der Waals surface area contributed by atoms with E-state index in [1.54, 1.807) is 13.2 Å². The second kappa shape index (κ2) is 7.99. The Kier molecular flexibility index (Phi) is 5.23. The number of benzene rings is 2. The van der Waals surface area contributed by atoms with Crippen LogP contribution in [0.3, 0.4) is 0 Å². The minimum atomic E-state index is -0.809. The zero-order chi connectivity index (χ0) is 21.3. The van der Waals surface area contributed by atoms with Crippen LogP contribution >= 0.6 is 0 Å². The molecule has 0 amide bonds. The predicted octanol–water partition coefficient (Wildman–Crippen LogP) is 3.54. The van der Waals surface area contributed by atoms with Crippen molar-refractivity contribution in [2.45, 2.75) is 0 Å². The molecule has 0 aliphatic carbocycles. The molecule has 0 aliphatic heterocycles. The van der Waals surface area contributed by atoms with Crippen LogP contribution < -0.4 is 11.1 Å². The number of hydrogen-bond donors (Lipinski definition) is 2.